The first-order chi connectivity index (χ1) is 14.0. The number of imidazole rings is 1. The zero-order valence-corrected chi connectivity index (χ0v) is 16.2. The Morgan fingerprint density at radius 1 is 1.03 bits per heavy atom. The molecule has 1 aromatic carbocycles. The zero-order chi connectivity index (χ0) is 20.4. The minimum Gasteiger partial charge on any atom is -0.350 e. The van der Waals surface area contributed by atoms with Crippen molar-refractivity contribution in [3.8, 4) is 0 Å². The van der Waals surface area contributed by atoms with E-state index in [1.54, 1.807) is 35.0 Å². The molecular weight excluding hydrogens is 366 g/mol. The van der Waals surface area contributed by atoms with Gasteiger partial charge in [-0.25, -0.2) is 4.98 Å². The van der Waals surface area contributed by atoms with Crippen LogP contribution in [0.4, 0.5) is 5.69 Å². The number of amides is 2. The van der Waals surface area contributed by atoms with Crippen molar-refractivity contribution >= 4 is 33.9 Å². The molecule has 0 unspecified atom stereocenters. The fraction of sp³-hybridized carbons (Fsp3) is 0.182. The summed E-state index contributed by atoms with van der Waals surface area (Å²) >= 11 is 0. The summed E-state index contributed by atoms with van der Waals surface area (Å²) in [6.07, 6.45) is 3.40. The van der Waals surface area contributed by atoms with Gasteiger partial charge in [-0.1, -0.05) is 38.1 Å². The average Bonchev–Trinajstić information content (AvgIpc) is 3.12. The van der Waals surface area contributed by atoms with Crippen LogP contribution in [-0.2, 0) is 0 Å². The molecular formula is C22H21N5O2. The minimum absolute atomic E-state index is 0.142. The average molecular weight is 387 g/mol. The van der Waals surface area contributed by atoms with Crippen molar-refractivity contribution in [2.75, 3.05) is 11.9 Å². The van der Waals surface area contributed by atoms with Gasteiger partial charge < -0.3 is 10.6 Å². The fourth-order valence-electron chi connectivity index (χ4n) is 3.13. The van der Waals surface area contributed by atoms with Crippen LogP contribution in [-0.4, -0.2) is 32.7 Å². The Morgan fingerprint density at radius 3 is 2.69 bits per heavy atom. The van der Waals surface area contributed by atoms with E-state index in [9.17, 15) is 9.59 Å². The highest BCUT2D eigenvalue weighted by molar-refractivity contribution is 6.08. The molecule has 7 heteroatoms. The standard InChI is InChI=1S/C22H21N5O2/c1-14(2)13-24-21(28)19-17-10-3-4-12-27(17)20(26-19)22(29)25-16-9-5-7-15-8-6-11-23-18(15)16/h3-12,14H,13H2,1-2H3,(H,24,28)(H,25,29). The predicted molar refractivity (Wildman–Crippen MR) is 112 cm³/mol. The van der Waals surface area contributed by atoms with E-state index in [0.29, 0.717) is 29.2 Å². The lowest BCUT2D eigenvalue weighted by atomic mass is 10.2. The molecule has 4 rings (SSSR count). The quantitative estimate of drug-likeness (QED) is 0.548. The van der Waals surface area contributed by atoms with Crippen molar-refractivity contribution in [2.45, 2.75) is 13.8 Å². The molecule has 0 saturated heterocycles. The van der Waals surface area contributed by atoms with E-state index < -0.39 is 5.91 Å². The molecule has 0 bridgehead atoms. The van der Waals surface area contributed by atoms with Crippen LogP contribution in [0.2, 0.25) is 0 Å². The number of anilines is 1. The topological polar surface area (TPSA) is 88.4 Å². The first-order valence-electron chi connectivity index (χ1n) is 9.45. The summed E-state index contributed by atoms with van der Waals surface area (Å²) in [6.45, 7) is 4.57. The fourth-order valence-corrected chi connectivity index (χ4v) is 3.13. The summed E-state index contributed by atoms with van der Waals surface area (Å²) in [5.41, 5.74) is 2.09. The predicted octanol–water partition coefficient (Wildman–Crippen LogP) is 3.52. The molecule has 0 atom stereocenters. The van der Waals surface area contributed by atoms with E-state index in [1.807, 2.05) is 44.2 Å². The van der Waals surface area contributed by atoms with Crippen LogP contribution in [0.3, 0.4) is 0 Å². The van der Waals surface area contributed by atoms with Gasteiger partial charge in [0.1, 0.15) is 0 Å². The molecule has 2 N–H and O–H groups in total. The SMILES string of the molecule is CC(C)CNC(=O)c1nc(C(=O)Nc2cccc3cccnc23)n2ccccc12. The van der Waals surface area contributed by atoms with Gasteiger partial charge in [-0.05, 0) is 30.2 Å². The van der Waals surface area contributed by atoms with Crippen molar-refractivity contribution in [3.63, 3.8) is 0 Å². The number of fused-ring (bicyclic) bond motifs is 2. The Kier molecular flexibility index (Phi) is 4.95. The number of benzene rings is 1. The Morgan fingerprint density at radius 2 is 1.86 bits per heavy atom. The van der Waals surface area contributed by atoms with Crippen LogP contribution in [0.15, 0.2) is 60.9 Å². The summed E-state index contributed by atoms with van der Waals surface area (Å²) in [7, 11) is 0. The van der Waals surface area contributed by atoms with Gasteiger partial charge in [-0.2, -0.15) is 0 Å². The third-order valence-electron chi connectivity index (χ3n) is 4.52. The molecule has 4 aromatic rings. The number of hydrogen-bond acceptors (Lipinski definition) is 4. The van der Waals surface area contributed by atoms with Crippen LogP contribution in [0.5, 0.6) is 0 Å². The van der Waals surface area contributed by atoms with E-state index in [-0.39, 0.29) is 17.4 Å². The van der Waals surface area contributed by atoms with Crippen molar-refractivity contribution in [2.24, 2.45) is 5.92 Å². The monoisotopic (exact) mass is 387 g/mol. The second-order valence-electron chi connectivity index (χ2n) is 7.18. The second-order valence-corrected chi connectivity index (χ2v) is 7.18. The molecule has 0 aliphatic heterocycles. The number of carbonyl (C=O) groups is 2. The van der Waals surface area contributed by atoms with Crippen molar-refractivity contribution in [1.82, 2.24) is 19.7 Å². The number of para-hydroxylation sites is 1. The van der Waals surface area contributed by atoms with Gasteiger partial charge in [-0.15, -0.1) is 0 Å². The Balaban J connectivity index is 1.70. The van der Waals surface area contributed by atoms with E-state index in [0.717, 1.165) is 5.39 Å². The summed E-state index contributed by atoms with van der Waals surface area (Å²) in [6, 6.07) is 14.7. The van der Waals surface area contributed by atoms with E-state index in [1.165, 1.54) is 0 Å². The van der Waals surface area contributed by atoms with E-state index in [4.69, 9.17) is 0 Å². The highest BCUT2D eigenvalue weighted by atomic mass is 16.2. The largest absolute Gasteiger partial charge is 0.350 e. The summed E-state index contributed by atoms with van der Waals surface area (Å²) in [4.78, 5) is 34.3. The molecule has 0 fully saturated rings. The first-order valence-corrected chi connectivity index (χ1v) is 9.45. The number of hydrogen-bond donors (Lipinski definition) is 2. The molecule has 3 aromatic heterocycles. The number of nitrogens with one attached hydrogen (secondary N) is 2. The van der Waals surface area contributed by atoms with E-state index in [2.05, 4.69) is 20.6 Å². The van der Waals surface area contributed by atoms with Gasteiger partial charge in [0.05, 0.1) is 16.7 Å². The Bertz CT molecular complexity index is 1210. The van der Waals surface area contributed by atoms with Crippen molar-refractivity contribution in [1.29, 1.82) is 0 Å². The van der Waals surface area contributed by atoms with Gasteiger partial charge in [0.2, 0.25) is 5.82 Å². The molecule has 0 saturated carbocycles. The van der Waals surface area contributed by atoms with E-state index >= 15 is 0 Å². The van der Waals surface area contributed by atoms with Gasteiger partial charge >= 0.3 is 0 Å². The maximum Gasteiger partial charge on any atom is 0.292 e. The third-order valence-corrected chi connectivity index (χ3v) is 4.52. The molecule has 7 nitrogen and oxygen atoms in total. The van der Waals surface area contributed by atoms with Crippen LogP contribution < -0.4 is 10.6 Å². The molecule has 0 aliphatic rings. The molecule has 3 heterocycles. The number of carbonyl (C=O) groups excluding carboxylic acids is 2. The summed E-state index contributed by atoms with van der Waals surface area (Å²) in [5, 5.41) is 6.66. The summed E-state index contributed by atoms with van der Waals surface area (Å²) < 4.78 is 1.62. The highest BCUT2D eigenvalue weighted by Crippen LogP contribution is 2.22. The van der Waals surface area contributed by atoms with Crippen LogP contribution in [0.1, 0.15) is 35.0 Å². The molecule has 0 radical (unpaired) electrons. The van der Waals surface area contributed by atoms with Gasteiger partial charge in [0.25, 0.3) is 11.8 Å². The van der Waals surface area contributed by atoms with Crippen LogP contribution in [0.25, 0.3) is 16.4 Å². The molecule has 2 amide bonds. The maximum absolute atomic E-state index is 13.0. The van der Waals surface area contributed by atoms with Crippen molar-refractivity contribution < 1.29 is 9.59 Å². The van der Waals surface area contributed by atoms with Crippen molar-refractivity contribution in [3.05, 3.63) is 72.4 Å². The Hall–Kier alpha value is -3.74. The van der Waals surface area contributed by atoms with Gasteiger partial charge in [0, 0.05) is 24.3 Å². The highest BCUT2D eigenvalue weighted by Gasteiger charge is 2.22. The summed E-state index contributed by atoms with van der Waals surface area (Å²) in [5.74, 6) is -0.252. The second kappa shape index (κ2) is 7.71. The number of aromatic nitrogens is 3. The molecule has 29 heavy (non-hydrogen) atoms. The lowest BCUT2D eigenvalue weighted by molar-refractivity contribution is 0.0946. The maximum atomic E-state index is 13.0. The Labute approximate surface area is 167 Å². The first kappa shape index (κ1) is 18.6. The number of pyridine rings is 2. The van der Waals surface area contributed by atoms with Crippen LogP contribution in [0, 0.1) is 5.92 Å². The van der Waals surface area contributed by atoms with Gasteiger partial charge in [0.15, 0.2) is 5.69 Å². The smallest absolute Gasteiger partial charge is 0.292 e. The number of rotatable bonds is 5. The molecule has 0 aliphatic carbocycles. The molecule has 0 spiro atoms. The van der Waals surface area contributed by atoms with Gasteiger partial charge in [-0.3, -0.25) is 19.0 Å². The normalized spacial score (nSPS) is 11.1. The third kappa shape index (κ3) is 3.67. The number of nitrogens with zero attached hydrogens (tertiary/aromatic N) is 3. The van der Waals surface area contributed by atoms with Crippen LogP contribution >= 0.6 is 0 Å². The lowest BCUT2D eigenvalue weighted by Crippen LogP contribution is -2.27. The molecule has 146 valence electrons. The minimum atomic E-state index is -0.410. The zero-order valence-electron chi connectivity index (χ0n) is 16.2. The lowest BCUT2D eigenvalue weighted by Gasteiger charge is -2.07.